The first-order chi connectivity index (χ1) is 16.7. The fourth-order valence-electron chi connectivity index (χ4n) is 5.00. The van der Waals surface area contributed by atoms with Gasteiger partial charge in [0.1, 0.15) is 12.1 Å². The van der Waals surface area contributed by atoms with Crippen LogP contribution in [-0.2, 0) is 9.53 Å². The number of hydrogen-bond acceptors (Lipinski definition) is 6. The Morgan fingerprint density at radius 1 is 1.20 bits per heavy atom. The van der Waals surface area contributed by atoms with Gasteiger partial charge in [0.05, 0.1) is 37.2 Å². The van der Waals surface area contributed by atoms with E-state index >= 15 is 0 Å². The number of quaternary nitrogens is 1. The number of likely N-dealkylation sites (tertiary alicyclic amines) is 1. The van der Waals surface area contributed by atoms with Crippen molar-refractivity contribution in [1.29, 1.82) is 0 Å². The van der Waals surface area contributed by atoms with Crippen LogP contribution in [0.4, 0.5) is 11.4 Å². The molecule has 1 fully saturated rings. The van der Waals surface area contributed by atoms with E-state index in [-0.39, 0.29) is 11.6 Å². The molecule has 2 aromatic rings. The van der Waals surface area contributed by atoms with E-state index in [4.69, 9.17) is 10.5 Å². The summed E-state index contributed by atoms with van der Waals surface area (Å²) in [7, 11) is 2.10. The fourth-order valence-corrected chi connectivity index (χ4v) is 5.00. The van der Waals surface area contributed by atoms with Gasteiger partial charge in [0.15, 0.2) is 0 Å². The number of hydrogen-bond donors (Lipinski definition) is 2. The molecule has 0 bridgehead atoms. The zero-order valence-corrected chi connectivity index (χ0v) is 20.7. The first-order valence-electron chi connectivity index (χ1n) is 12.1. The third-order valence-corrected chi connectivity index (χ3v) is 6.72. The lowest BCUT2D eigenvalue weighted by molar-refractivity contribution is -0.930. The third kappa shape index (κ3) is 6.16. The molecule has 0 spiro atoms. The van der Waals surface area contributed by atoms with Gasteiger partial charge in [0.2, 0.25) is 5.91 Å². The average molecular weight is 484 g/mol. The highest BCUT2D eigenvalue weighted by Gasteiger charge is 2.45. The molecule has 9 nitrogen and oxygen atoms in total. The summed E-state index contributed by atoms with van der Waals surface area (Å²) in [6.45, 7) is 5.43. The van der Waals surface area contributed by atoms with Gasteiger partial charge in [-0.1, -0.05) is 31.5 Å². The van der Waals surface area contributed by atoms with E-state index in [0.717, 1.165) is 38.8 Å². The molecule has 3 N–H and O–H groups in total. The molecule has 188 valence electrons. The van der Waals surface area contributed by atoms with Gasteiger partial charge < -0.3 is 20.3 Å². The van der Waals surface area contributed by atoms with Crippen molar-refractivity contribution < 1.29 is 23.7 Å². The van der Waals surface area contributed by atoms with Crippen LogP contribution < -0.4 is 11.1 Å². The molecule has 1 heterocycles. The van der Waals surface area contributed by atoms with Crippen LogP contribution >= 0.6 is 0 Å². The molecule has 1 amide bonds. The van der Waals surface area contributed by atoms with Gasteiger partial charge in [-0.3, -0.25) is 14.9 Å². The van der Waals surface area contributed by atoms with Crippen molar-refractivity contribution >= 4 is 23.3 Å². The molecule has 2 aromatic carbocycles. The average Bonchev–Trinajstić information content (AvgIpc) is 3.26. The van der Waals surface area contributed by atoms with E-state index in [2.05, 4.69) is 12.4 Å². The minimum Gasteiger partial charge on any atom is -0.462 e. The van der Waals surface area contributed by atoms with Crippen LogP contribution in [0.1, 0.15) is 73.1 Å². The number of rotatable bonds is 10. The van der Waals surface area contributed by atoms with Crippen molar-refractivity contribution in [3.8, 4) is 0 Å². The largest absolute Gasteiger partial charge is 0.462 e. The number of nitro benzene ring substituents is 1. The van der Waals surface area contributed by atoms with Crippen LogP contribution in [0.2, 0.25) is 0 Å². The SMILES string of the molecule is CCCCOC(=O)c1cc(N)ccc1C([C@@H](NC(C)=O)c1cccc([N+](=O)[O-])c1)[N+]1(C)CCCC1. The van der Waals surface area contributed by atoms with Crippen molar-refractivity contribution in [2.45, 2.75) is 51.6 Å². The molecule has 0 radical (unpaired) electrons. The van der Waals surface area contributed by atoms with Crippen molar-refractivity contribution in [2.24, 2.45) is 0 Å². The summed E-state index contributed by atoms with van der Waals surface area (Å²) in [5.74, 6) is -0.725. The van der Waals surface area contributed by atoms with Gasteiger partial charge in [-0.05, 0) is 24.1 Å². The molecule has 3 rings (SSSR count). The Morgan fingerprint density at radius 3 is 2.54 bits per heavy atom. The zero-order valence-electron chi connectivity index (χ0n) is 20.7. The molecule has 2 atom stereocenters. The summed E-state index contributed by atoms with van der Waals surface area (Å²) in [6.07, 6.45) is 3.65. The number of esters is 1. The highest BCUT2D eigenvalue weighted by atomic mass is 16.6. The number of amides is 1. The number of benzene rings is 2. The van der Waals surface area contributed by atoms with Crippen molar-refractivity contribution in [1.82, 2.24) is 5.32 Å². The smallest absolute Gasteiger partial charge is 0.338 e. The van der Waals surface area contributed by atoms with Gasteiger partial charge in [-0.15, -0.1) is 0 Å². The fraction of sp³-hybridized carbons (Fsp3) is 0.462. The van der Waals surface area contributed by atoms with Crippen molar-refractivity contribution in [3.05, 3.63) is 69.3 Å². The molecular weight excluding hydrogens is 448 g/mol. The van der Waals surface area contributed by atoms with E-state index in [9.17, 15) is 19.7 Å². The summed E-state index contributed by atoms with van der Waals surface area (Å²) in [5.41, 5.74) is 8.12. The number of ether oxygens (including phenoxy) is 1. The van der Waals surface area contributed by atoms with Crippen molar-refractivity contribution in [3.63, 3.8) is 0 Å². The number of carbonyl (C=O) groups is 2. The maximum atomic E-state index is 13.2. The van der Waals surface area contributed by atoms with Crippen LogP contribution in [0, 0.1) is 10.1 Å². The topological polar surface area (TPSA) is 125 Å². The Morgan fingerprint density at radius 2 is 1.91 bits per heavy atom. The molecule has 1 unspecified atom stereocenters. The molecule has 35 heavy (non-hydrogen) atoms. The van der Waals surface area contributed by atoms with Crippen LogP contribution in [-0.4, -0.2) is 48.0 Å². The van der Waals surface area contributed by atoms with Gasteiger partial charge in [0, 0.05) is 43.1 Å². The van der Waals surface area contributed by atoms with Gasteiger partial charge in [-0.2, -0.15) is 0 Å². The number of unbranched alkanes of at least 4 members (excludes halogenated alkanes) is 1. The minimum absolute atomic E-state index is 0.0582. The molecule has 1 aliphatic rings. The van der Waals surface area contributed by atoms with E-state index in [1.54, 1.807) is 24.3 Å². The summed E-state index contributed by atoms with van der Waals surface area (Å²) in [6, 6.07) is 10.5. The Labute approximate surface area is 206 Å². The predicted molar refractivity (Wildman–Crippen MR) is 134 cm³/mol. The van der Waals surface area contributed by atoms with Crippen molar-refractivity contribution in [2.75, 3.05) is 32.5 Å². The normalized spacial score (nSPS) is 16.3. The quantitative estimate of drug-likeness (QED) is 0.130. The number of likely N-dealkylation sites (N-methyl/N-ethyl adjacent to an activating group) is 1. The summed E-state index contributed by atoms with van der Waals surface area (Å²) < 4.78 is 6.11. The first kappa shape index (κ1) is 26.2. The third-order valence-electron chi connectivity index (χ3n) is 6.72. The second-order valence-corrected chi connectivity index (χ2v) is 9.45. The Balaban J connectivity index is 2.20. The Kier molecular flexibility index (Phi) is 8.45. The van der Waals surface area contributed by atoms with E-state index < -0.39 is 23.0 Å². The number of carbonyl (C=O) groups excluding carboxylic acids is 2. The molecule has 1 saturated heterocycles. The number of nitrogens with two attached hydrogens (primary N) is 1. The van der Waals surface area contributed by atoms with E-state index in [0.29, 0.717) is 33.5 Å². The second kappa shape index (κ2) is 11.3. The number of non-ortho nitro benzene ring substituents is 1. The summed E-state index contributed by atoms with van der Waals surface area (Å²) in [4.78, 5) is 36.6. The monoisotopic (exact) mass is 483 g/mol. The number of nitrogen functional groups attached to an aromatic ring is 1. The van der Waals surface area contributed by atoms with Crippen LogP contribution in [0.5, 0.6) is 0 Å². The molecule has 1 aliphatic heterocycles. The van der Waals surface area contributed by atoms with Crippen LogP contribution in [0.25, 0.3) is 0 Å². The highest BCUT2D eigenvalue weighted by Crippen LogP contribution is 2.43. The number of nitrogens with zero attached hydrogens (tertiary/aromatic N) is 2. The molecule has 0 aliphatic carbocycles. The Hall–Kier alpha value is -3.46. The van der Waals surface area contributed by atoms with Crippen LogP contribution in [0.3, 0.4) is 0 Å². The van der Waals surface area contributed by atoms with E-state index in [1.807, 2.05) is 13.0 Å². The first-order valence-corrected chi connectivity index (χ1v) is 12.1. The number of nitro groups is 1. The lowest BCUT2D eigenvalue weighted by Gasteiger charge is -2.43. The van der Waals surface area contributed by atoms with Gasteiger partial charge in [-0.25, -0.2) is 4.79 Å². The summed E-state index contributed by atoms with van der Waals surface area (Å²) >= 11 is 0. The zero-order chi connectivity index (χ0) is 25.6. The molecule has 0 saturated carbocycles. The number of nitrogens with one attached hydrogen (secondary N) is 1. The predicted octanol–water partition coefficient (Wildman–Crippen LogP) is 4.29. The standard InChI is InChI=1S/C26H34N4O5/c1-4-5-15-35-26(32)23-17-20(27)11-12-22(23)25(30(3)13-6-7-14-30)24(28-18(2)31)19-9-8-10-21(16-19)29(33)34/h8-12,16-17,24-25H,4-7,13-15,27H2,1-3H3/p+1/t24-,25?/m0/s1. The lowest BCUT2D eigenvalue weighted by atomic mass is 9.87. The lowest BCUT2D eigenvalue weighted by Crippen LogP contribution is -2.50. The second-order valence-electron chi connectivity index (χ2n) is 9.45. The Bertz CT molecular complexity index is 1080. The van der Waals surface area contributed by atoms with E-state index in [1.165, 1.54) is 19.1 Å². The van der Waals surface area contributed by atoms with Crippen LogP contribution in [0.15, 0.2) is 42.5 Å². The maximum Gasteiger partial charge on any atom is 0.338 e. The number of anilines is 1. The molecule has 0 aromatic heterocycles. The van der Waals surface area contributed by atoms with Gasteiger partial charge in [0.25, 0.3) is 5.69 Å². The van der Waals surface area contributed by atoms with Gasteiger partial charge >= 0.3 is 5.97 Å². The highest BCUT2D eigenvalue weighted by molar-refractivity contribution is 5.92. The molecular formula is C26H35N4O5+. The maximum absolute atomic E-state index is 13.2. The minimum atomic E-state index is -0.610. The molecule has 9 heteroatoms. The summed E-state index contributed by atoms with van der Waals surface area (Å²) in [5, 5.41) is 14.5.